The number of thioether (sulfide) groups is 1. The SMILES string of the molecule is CSc1ccc(/C=C/C(=O)O[C@@H](C)C(=O)Nc2c(F)cccc2F)cc1. The van der Waals surface area contributed by atoms with E-state index in [-0.39, 0.29) is 0 Å². The first-order valence-electron chi connectivity index (χ1n) is 7.68. The van der Waals surface area contributed by atoms with Gasteiger partial charge in [0.2, 0.25) is 0 Å². The molecule has 26 heavy (non-hydrogen) atoms. The number of ether oxygens (including phenoxy) is 1. The highest BCUT2D eigenvalue weighted by Gasteiger charge is 2.19. The van der Waals surface area contributed by atoms with Gasteiger partial charge in [-0.3, -0.25) is 4.79 Å². The van der Waals surface area contributed by atoms with Gasteiger partial charge in [-0.15, -0.1) is 11.8 Å². The Bertz CT molecular complexity index is 802. The molecule has 0 unspecified atom stereocenters. The third-order valence-corrected chi connectivity index (χ3v) is 4.14. The van der Waals surface area contributed by atoms with Crippen LogP contribution in [0.1, 0.15) is 12.5 Å². The zero-order chi connectivity index (χ0) is 19.1. The number of hydrogen-bond acceptors (Lipinski definition) is 4. The Labute approximate surface area is 154 Å². The molecule has 0 fully saturated rings. The highest BCUT2D eigenvalue weighted by atomic mass is 32.2. The summed E-state index contributed by atoms with van der Waals surface area (Å²) in [5, 5.41) is 2.08. The smallest absolute Gasteiger partial charge is 0.331 e. The molecule has 1 N–H and O–H groups in total. The van der Waals surface area contributed by atoms with Crippen molar-refractivity contribution in [2.24, 2.45) is 0 Å². The van der Waals surface area contributed by atoms with Gasteiger partial charge in [-0.2, -0.15) is 0 Å². The van der Waals surface area contributed by atoms with Crippen molar-refractivity contribution >= 4 is 35.4 Å². The maximum absolute atomic E-state index is 13.5. The molecule has 0 aliphatic carbocycles. The predicted octanol–water partition coefficient (Wildman–Crippen LogP) is 4.27. The highest BCUT2D eigenvalue weighted by molar-refractivity contribution is 7.98. The van der Waals surface area contributed by atoms with E-state index < -0.39 is 35.3 Å². The maximum Gasteiger partial charge on any atom is 0.331 e. The van der Waals surface area contributed by atoms with E-state index in [1.54, 1.807) is 17.8 Å². The monoisotopic (exact) mass is 377 g/mol. The fraction of sp³-hybridized carbons (Fsp3) is 0.158. The number of halogens is 2. The van der Waals surface area contributed by atoms with Gasteiger partial charge < -0.3 is 10.1 Å². The number of esters is 1. The van der Waals surface area contributed by atoms with Gasteiger partial charge >= 0.3 is 5.97 Å². The van der Waals surface area contributed by atoms with Crippen molar-refractivity contribution in [3.05, 3.63) is 65.7 Å². The first kappa shape index (κ1) is 19.7. The maximum atomic E-state index is 13.5. The summed E-state index contributed by atoms with van der Waals surface area (Å²) in [7, 11) is 0. The minimum absolute atomic E-state index is 0.579. The van der Waals surface area contributed by atoms with E-state index in [4.69, 9.17) is 4.74 Å². The van der Waals surface area contributed by atoms with E-state index in [2.05, 4.69) is 5.32 Å². The Morgan fingerprint density at radius 2 is 1.73 bits per heavy atom. The summed E-state index contributed by atoms with van der Waals surface area (Å²) in [6.07, 6.45) is 3.47. The van der Waals surface area contributed by atoms with Crippen LogP contribution in [0.4, 0.5) is 14.5 Å². The highest BCUT2D eigenvalue weighted by Crippen LogP contribution is 2.18. The molecule has 0 saturated carbocycles. The lowest BCUT2D eigenvalue weighted by Crippen LogP contribution is -2.30. The fourth-order valence-electron chi connectivity index (χ4n) is 1.99. The molecular weight excluding hydrogens is 360 g/mol. The second kappa shape index (κ2) is 9.15. The number of nitrogens with one attached hydrogen (secondary N) is 1. The number of anilines is 1. The average molecular weight is 377 g/mol. The summed E-state index contributed by atoms with van der Waals surface area (Å²) in [6, 6.07) is 10.7. The second-order valence-corrected chi connectivity index (χ2v) is 6.15. The van der Waals surface area contributed by atoms with E-state index in [0.717, 1.165) is 22.6 Å². The summed E-state index contributed by atoms with van der Waals surface area (Å²) < 4.78 is 32.0. The van der Waals surface area contributed by atoms with Crippen LogP contribution in [-0.2, 0) is 14.3 Å². The fourth-order valence-corrected chi connectivity index (χ4v) is 2.40. The van der Waals surface area contributed by atoms with Crippen LogP contribution in [0, 0.1) is 11.6 Å². The average Bonchev–Trinajstić information content (AvgIpc) is 2.63. The van der Waals surface area contributed by atoms with Crippen LogP contribution >= 0.6 is 11.8 Å². The van der Waals surface area contributed by atoms with Crippen LogP contribution in [0.25, 0.3) is 6.08 Å². The van der Waals surface area contributed by atoms with Crippen molar-refractivity contribution < 1.29 is 23.1 Å². The van der Waals surface area contributed by atoms with Crippen LogP contribution in [0.2, 0.25) is 0 Å². The Balaban J connectivity index is 1.93. The van der Waals surface area contributed by atoms with Gasteiger partial charge in [0, 0.05) is 11.0 Å². The summed E-state index contributed by atoms with van der Waals surface area (Å²) >= 11 is 1.60. The lowest BCUT2D eigenvalue weighted by Gasteiger charge is -2.13. The summed E-state index contributed by atoms with van der Waals surface area (Å²) in [4.78, 5) is 24.8. The molecule has 0 aliphatic rings. The molecule has 0 spiro atoms. The molecule has 2 rings (SSSR count). The van der Waals surface area contributed by atoms with E-state index >= 15 is 0 Å². The molecule has 2 aromatic carbocycles. The van der Waals surface area contributed by atoms with Crippen molar-refractivity contribution in [2.45, 2.75) is 17.9 Å². The lowest BCUT2D eigenvalue weighted by molar-refractivity contribution is -0.148. The van der Waals surface area contributed by atoms with E-state index in [9.17, 15) is 18.4 Å². The zero-order valence-corrected chi connectivity index (χ0v) is 15.0. The first-order chi connectivity index (χ1) is 12.4. The molecule has 0 saturated heterocycles. The molecule has 136 valence electrons. The van der Waals surface area contributed by atoms with E-state index in [0.29, 0.717) is 0 Å². The molecule has 0 radical (unpaired) electrons. The van der Waals surface area contributed by atoms with Gasteiger partial charge in [0.1, 0.15) is 17.3 Å². The number of carbonyl (C=O) groups excluding carboxylic acids is 2. The van der Waals surface area contributed by atoms with Crippen LogP contribution < -0.4 is 5.32 Å². The van der Waals surface area contributed by atoms with Gasteiger partial charge in [0.25, 0.3) is 5.91 Å². The van der Waals surface area contributed by atoms with Crippen molar-refractivity contribution in [1.82, 2.24) is 0 Å². The molecule has 7 heteroatoms. The number of carbonyl (C=O) groups is 2. The number of hydrogen-bond donors (Lipinski definition) is 1. The quantitative estimate of drug-likeness (QED) is 0.464. The largest absolute Gasteiger partial charge is 0.449 e. The van der Waals surface area contributed by atoms with Gasteiger partial charge in [0.15, 0.2) is 6.10 Å². The molecule has 0 aliphatic heterocycles. The Hall–Kier alpha value is -2.67. The van der Waals surface area contributed by atoms with Gasteiger partial charge in [0.05, 0.1) is 0 Å². The topological polar surface area (TPSA) is 55.4 Å². The number of benzene rings is 2. The second-order valence-electron chi connectivity index (χ2n) is 5.27. The van der Waals surface area contributed by atoms with E-state index in [1.807, 2.05) is 30.5 Å². The zero-order valence-electron chi connectivity index (χ0n) is 14.2. The van der Waals surface area contributed by atoms with Gasteiger partial charge in [-0.05, 0) is 49.1 Å². The van der Waals surface area contributed by atoms with Crippen LogP contribution in [-0.4, -0.2) is 24.2 Å². The molecule has 1 atom stereocenters. The molecule has 2 aromatic rings. The summed E-state index contributed by atoms with van der Waals surface area (Å²) in [6.45, 7) is 1.31. The minimum atomic E-state index is -1.22. The van der Waals surface area contributed by atoms with Crippen LogP contribution in [0.5, 0.6) is 0 Å². The standard InChI is InChI=1S/C19H17F2NO3S/c1-12(19(24)22-18-15(20)4-3-5-16(18)21)25-17(23)11-8-13-6-9-14(26-2)10-7-13/h3-12H,1-2H3,(H,22,24)/b11-8+/t12-/m0/s1. The number of rotatable bonds is 6. The summed E-state index contributed by atoms with van der Waals surface area (Å²) in [5.41, 5.74) is 0.218. The molecular formula is C19H17F2NO3S. The first-order valence-corrected chi connectivity index (χ1v) is 8.91. The number of amides is 1. The molecule has 0 heterocycles. The normalized spacial score (nSPS) is 12.0. The minimum Gasteiger partial charge on any atom is -0.449 e. The third-order valence-electron chi connectivity index (χ3n) is 3.40. The number of para-hydroxylation sites is 1. The van der Waals surface area contributed by atoms with Crippen LogP contribution in [0.15, 0.2) is 53.4 Å². The Morgan fingerprint density at radius 1 is 1.12 bits per heavy atom. The molecule has 0 aromatic heterocycles. The van der Waals surface area contributed by atoms with Gasteiger partial charge in [-0.1, -0.05) is 18.2 Å². The van der Waals surface area contributed by atoms with Crippen molar-refractivity contribution in [1.29, 1.82) is 0 Å². The Kier molecular flexibility index (Phi) is 6.91. The van der Waals surface area contributed by atoms with Crippen molar-refractivity contribution in [3.63, 3.8) is 0 Å². The summed E-state index contributed by atoms with van der Waals surface area (Å²) in [5.74, 6) is -3.40. The third kappa shape index (κ3) is 5.42. The predicted molar refractivity (Wildman–Crippen MR) is 97.8 cm³/mol. The van der Waals surface area contributed by atoms with Gasteiger partial charge in [-0.25, -0.2) is 13.6 Å². The van der Waals surface area contributed by atoms with Crippen molar-refractivity contribution in [2.75, 3.05) is 11.6 Å². The molecule has 0 bridgehead atoms. The van der Waals surface area contributed by atoms with E-state index in [1.165, 1.54) is 19.1 Å². The Morgan fingerprint density at radius 3 is 2.31 bits per heavy atom. The van der Waals surface area contributed by atoms with Crippen LogP contribution in [0.3, 0.4) is 0 Å². The lowest BCUT2D eigenvalue weighted by atomic mass is 10.2. The molecule has 4 nitrogen and oxygen atoms in total. The van der Waals surface area contributed by atoms with Crippen molar-refractivity contribution in [3.8, 4) is 0 Å². The molecule has 1 amide bonds.